The van der Waals surface area contributed by atoms with E-state index in [0.717, 1.165) is 25.5 Å². The van der Waals surface area contributed by atoms with Gasteiger partial charge < -0.3 is 9.47 Å². The number of hydrogen-bond donors (Lipinski definition) is 0. The first-order chi connectivity index (χ1) is 13.6. The van der Waals surface area contributed by atoms with E-state index in [1.165, 1.54) is 57.8 Å². The van der Waals surface area contributed by atoms with Crippen molar-refractivity contribution in [3.63, 3.8) is 0 Å². The van der Waals surface area contributed by atoms with Gasteiger partial charge in [0.15, 0.2) is 0 Å². The fourth-order valence-corrected chi connectivity index (χ4v) is 5.87. The summed E-state index contributed by atoms with van der Waals surface area (Å²) in [5.74, 6) is 0. The van der Waals surface area contributed by atoms with Crippen molar-refractivity contribution in [1.29, 1.82) is 0 Å². The monoisotopic (exact) mass is 440 g/mol. The molecule has 0 atom stereocenters. The molecule has 0 saturated heterocycles. The van der Waals surface area contributed by atoms with Crippen LogP contribution < -0.4 is 0 Å². The van der Waals surface area contributed by atoms with Crippen molar-refractivity contribution in [3.05, 3.63) is 0 Å². The lowest BCUT2D eigenvalue weighted by Gasteiger charge is -2.23. The van der Waals surface area contributed by atoms with Crippen molar-refractivity contribution in [1.82, 2.24) is 0 Å². The summed E-state index contributed by atoms with van der Waals surface area (Å²) in [6, 6.07) is 1.42. The fraction of sp³-hybridized carbons (Fsp3) is 1.00. The third kappa shape index (κ3) is 24.1. The Bertz CT molecular complexity index is 361. The molecule has 0 rings (SSSR count). The van der Waals surface area contributed by atoms with Crippen molar-refractivity contribution >= 4 is 8.07 Å². The SMILES string of the molecule is CC(C)OCCOCCCCCCCCCCCCC[Si](C)(C)CCC(F)(F)F. The molecule has 0 aromatic heterocycles. The Balaban J connectivity index is 3.26. The molecular weight excluding hydrogens is 393 g/mol. The summed E-state index contributed by atoms with van der Waals surface area (Å²) in [5.41, 5.74) is 0. The van der Waals surface area contributed by atoms with Gasteiger partial charge in [0.25, 0.3) is 0 Å². The quantitative estimate of drug-likeness (QED) is 0.140. The van der Waals surface area contributed by atoms with Crippen LogP contribution in [0.1, 0.15) is 90.9 Å². The van der Waals surface area contributed by atoms with Crippen LogP contribution in [0.4, 0.5) is 13.2 Å². The number of hydrogen-bond acceptors (Lipinski definition) is 2. The van der Waals surface area contributed by atoms with Gasteiger partial charge in [0.1, 0.15) is 0 Å². The van der Waals surface area contributed by atoms with E-state index in [1.54, 1.807) is 0 Å². The molecule has 0 fully saturated rings. The summed E-state index contributed by atoms with van der Waals surface area (Å²) in [6.45, 7) is 10.5. The molecule has 2 nitrogen and oxygen atoms in total. The van der Waals surface area contributed by atoms with Crippen LogP contribution in [-0.2, 0) is 9.47 Å². The summed E-state index contributed by atoms with van der Waals surface area (Å²) in [5, 5.41) is 0. The van der Waals surface area contributed by atoms with E-state index in [2.05, 4.69) is 13.1 Å². The van der Waals surface area contributed by atoms with Crippen LogP contribution in [0.3, 0.4) is 0 Å². The average Bonchev–Trinajstić information content (AvgIpc) is 2.62. The largest absolute Gasteiger partial charge is 0.388 e. The lowest BCUT2D eigenvalue weighted by atomic mass is 10.1. The highest BCUT2D eigenvalue weighted by Gasteiger charge is 2.31. The minimum atomic E-state index is -3.99. The second-order valence-corrected chi connectivity index (χ2v) is 14.8. The average molecular weight is 441 g/mol. The summed E-state index contributed by atoms with van der Waals surface area (Å²) in [4.78, 5) is 0. The van der Waals surface area contributed by atoms with Crippen LogP contribution in [0.25, 0.3) is 0 Å². The molecule has 0 spiro atoms. The highest BCUT2D eigenvalue weighted by molar-refractivity contribution is 6.77. The normalized spacial score (nSPS) is 12.8. The van der Waals surface area contributed by atoms with E-state index in [0.29, 0.717) is 19.3 Å². The number of rotatable bonds is 20. The number of halogens is 3. The summed E-state index contributed by atoms with van der Waals surface area (Å²) >= 11 is 0. The first kappa shape index (κ1) is 28.9. The molecule has 0 N–H and O–H groups in total. The zero-order chi connectivity index (χ0) is 22.0. The molecule has 0 aromatic carbocycles. The molecule has 0 aliphatic rings. The zero-order valence-corrected chi connectivity index (χ0v) is 20.5. The fourth-order valence-electron chi connectivity index (χ4n) is 3.45. The molecule has 0 saturated carbocycles. The molecule has 0 amide bonds. The van der Waals surface area contributed by atoms with Crippen molar-refractivity contribution in [2.45, 2.75) is 128 Å². The zero-order valence-electron chi connectivity index (χ0n) is 19.5. The van der Waals surface area contributed by atoms with Gasteiger partial charge in [0.2, 0.25) is 0 Å². The molecule has 29 heavy (non-hydrogen) atoms. The molecule has 0 bridgehead atoms. The molecule has 6 heteroatoms. The maximum atomic E-state index is 12.4. The predicted octanol–water partition coefficient (Wildman–Crippen LogP) is 8.38. The van der Waals surface area contributed by atoms with Gasteiger partial charge in [-0.2, -0.15) is 13.2 Å². The Morgan fingerprint density at radius 2 is 1.14 bits per heavy atom. The van der Waals surface area contributed by atoms with Crippen LogP contribution >= 0.6 is 0 Å². The first-order valence-corrected chi connectivity index (χ1v) is 15.3. The summed E-state index contributed by atoms with van der Waals surface area (Å²) in [7, 11) is -1.66. The maximum Gasteiger partial charge on any atom is 0.388 e. The molecule has 0 aliphatic carbocycles. The van der Waals surface area contributed by atoms with Gasteiger partial charge in [-0.25, -0.2) is 0 Å². The van der Waals surface area contributed by atoms with Gasteiger partial charge in [-0.05, 0) is 26.3 Å². The van der Waals surface area contributed by atoms with Crippen LogP contribution in [0, 0.1) is 0 Å². The van der Waals surface area contributed by atoms with E-state index >= 15 is 0 Å². The van der Waals surface area contributed by atoms with E-state index in [-0.39, 0.29) is 6.10 Å². The van der Waals surface area contributed by atoms with Crippen molar-refractivity contribution < 1.29 is 22.6 Å². The first-order valence-electron chi connectivity index (χ1n) is 11.9. The van der Waals surface area contributed by atoms with E-state index in [4.69, 9.17) is 9.47 Å². The van der Waals surface area contributed by atoms with Crippen LogP contribution in [0.2, 0.25) is 25.2 Å². The van der Waals surface area contributed by atoms with Crippen LogP contribution in [0.15, 0.2) is 0 Å². The second-order valence-electron chi connectivity index (χ2n) is 9.45. The number of alkyl halides is 3. The minimum absolute atomic E-state index is 0.282. The Morgan fingerprint density at radius 1 is 0.655 bits per heavy atom. The predicted molar refractivity (Wildman–Crippen MR) is 120 cm³/mol. The minimum Gasteiger partial charge on any atom is -0.379 e. The van der Waals surface area contributed by atoms with Crippen molar-refractivity contribution in [3.8, 4) is 0 Å². The second kappa shape index (κ2) is 17.6. The van der Waals surface area contributed by atoms with Gasteiger partial charge in [0, 0.05) is 21.1 Å². The van der Waals surface area contributed by atoms with Crippen molar-refractivity contribution in [2.75, 3.05) is 19.8 Å². The van der Waals surface area contributed by atoms with Gasteiger partial charge in [0.05, 0.1) is 19.3 Å². The van der Waals surface area contributed by atoms with Gasteiger partial charge in [-0.15, -0.1) is 0 Å². The molecule has 0 heterocycles. The highest BCUT2D eigenvalue weighted by Crippen LogP contribution is 2.29. The van der Waals surface area contributed by atoms with Gasteiger partial charge in [-0.1, -0.05) is 83.3 Å². The Morgan fingerprint density at radius 3 is 1.62 bits per heavy atom. The smallest absolute Gasteiger partial charge is 0.379 e. The molecule has 0 aromatic rings. The van der Waals surface area contributed by atoms with E-state index in [9.17, 15) is 13.2 Å². The molecule has 0 aliphatic heterocycles. The third-order valence-electron chi connectivity index (χ3n) is 5.41. The highest BCUT2D eigenvalue weighted by atomic mass is 28.3. The van der Waals surface area contributed by atoms with Crippen molar-refractivity contribution in [2.24, 2.45) is 0 Å². The summed E-state index contributed by atoms with van der Waals surface area (Å²) in [6.07, 6.45) is 9.45. The van der Waals surface area contributed by atoms with Crippen LogP contribution in [-0.4, -0.2) is 40.2 Å². The molecule has 176 valence electrons. The van der Waals surface area contributed by atoms with Gasteiger partial charge in [-0.3, -0.25) is 0 Å². The Labute approximate surface area is 179 Å². The van der Waals surface area contributed by atoms with E-state index < -0.39 is 20.7 Å². The summed E-state index contributed by atoms with van der Waals surface area (Å²) < 4.78 is 48.0. The lowest BCUT2D eigenvalue weighted by molar-refractivity contribution is -0.130. The standard InChI is InChI=1S/C23H47F3O2Si/c1-22(2)28-19-18-27-17-14-12-10-8-6-5-7-9-11-13-15-20-29(3,4)21-16-23(24,25)26/h22H,5-21H2,1-4H3. The molecule has 0 radical (unpaired) electrons. The van der Waals surface area contributed by atoms with Crippen LogP contribution in [0.5, 0.6) is 0 Å². The Hall–Kier alpha value is -0.0731. The van der Waals surface area contributed by atoms with E-state index in [1.807, 2.05) is 13.8 Å². The maximum absolute atomic E-state index is 12.4. The topological polar surface area (TPSA) is 18.5 Å². The van der Waals surface area contributed by atoms with Gasteiger partial charge >= 0.3 is 6.18 Å². The third-order valence-corrected chi connectivity index (χ3v) is 8.72. The number of unbranched alkanes of at least 4 members (excludes halogenated alkanes) is 10. The lowest BCUT2D eigenvalue weighted by Crippen LogP contribution is -2.27. The Kier molecular flexibility index (Phi) is 17.5. The molecule has 0 unspecified atom stereocenters. The molecular formula is C23H47F3O2Si. The number of ether oxygens (including phenoxy) is 2.